The summed E-state index contributed by atoms with van der Waals surface area (Å²) in [6.45, 7) is 0. The first kappa shape index (κ1) is 20.8. The summed E-state index contributed by atoms with van der Waals surface area (Å²) in [5.41, 5.74) is -0.501. The fraction of sp³-hybridized carbons (Fsp3) is 0.0455. The Kier molecular flexibility index (Phi) is 5.60. The van der Waals surface area contributed by atoms with E-state index in [0.29, 0.717) is 16.8 Å². The highest BCUT2D eigenvalue weighted by molar-refractivity contribution is 9.10. The number of aromatic nitrogens is 1. The summed E-state index contributed by atoms with van der Waals surface area (Å²) in [6, 6.07) is 16.2. The molecule has 156 valence electrons. The van der Waals surface area contributed by atoms with Gasteiger partial charge in [-0.2, -0.15) is 13.2 Å². The Bertz CT molecular complexity index is 1340. The number of benzene rings is 2. The van der Waals surface area contributed by atoms with Gasteiger partial charge in [0.1, 0.15) is 17.0 Å². The second kappa shape index (κ2) is 8.35. The lowest BCUT2D eigenvalue weighted by Gasteiger charge is -2.08. The van der Waals surface area contributed by atoms with Crippen LogP contribution in [0.15, 0.2) is 86.8 Å². The Hall–Kier alpha value is -3.46. The van der Waals surface area contributed by atoms with Crippen LogP contribution in [-0.4, -0.2) is 10.9 Å². The molecule has 0 aliphatic carbocycles. The highest BCUT2D eigenvalue weighted by Gasteiger charge is 2.30. The van der Waals surface area contributed by atoms with E-state index >= 15 is 0 Å². The molecule has 0 aliphatic heterocycles. The first-order valence-electron chi connectivity index (χ1n) is 8.97. The zero-order valence-corrected chi connectivity index (χ0v) is 17.2. The van der Waals surface area contributed by atoms with Crippen LogP contribution in [0.25, 0.3) is 11.0 Å². The maximum absolute atomic E-state index is 13.1. The molecule has 0 fully saturated rings. The summed E-state index contributed by atoms with van der Waals surface area (Å²) >= 11 is 3.36. The normalized spacial score (nSPS) is 12.2. The molecule has 0 atom stereocenters. The van der Waals surface area contributed by atoms with Crippen molar-refractivity contribution in [2.45, 2.75) is 6.18 Å². The summed E-state index contributed by atoms with van der Waals surface area (Å²) in [5, 5.41) is 3.25. The number of carbonyl (C=O) groups excluding carboxylic acids is 1. The van der Waals surface area contributed by atoms with Crippen LogP contribution in [0, 0.1) is 0 Å². The molecule has 1 N–H and O–H groups in total. The van der Waals surface area contributed by atoms with Crippen LogP contribution < -0.4 is 10.9 Å². The quantitative estimate of drug-likeness (QED) is 0.380. The van der Waals surface area contributed by atoms with Gasteiger partial charge >= 0.3 is 6.18 Å². The Morgan fingerprint density at radius 1 is 1.03 bits per heavy atom. The van der Waals surface area contributed by atoms with Crippen molar-refractivity contribution in [3.05, 3.63) is 94.1 Å². The third-order valence-electron chi connectivity index (χ3n) is 4.26. The van der Waals surface area contributed by atoms with Gasteiger partial charge in [-0.25, -0.2) is 9.98 Å². The number of amides is 1. The molecule has 9 heteroatoms. The van der Waals surface area contributed by atoms with E-state index in [4.69, 9.17) is 4.42 Å². The largest absolute Gasteiger partial charge is 0.438 e. The van der Waals surface area contributed by atoms with Gasteiger partial charge in [-0.1, -0.05) is 28.1 Å². The molecule has 2 aromatic heterocycles. The van der Waals surface area contributed by atoms with E-state index in [1.165, 1.54) is 18.3 Å². The maximum Gasteiger partial charge on any atom is 0.416 e. The van der Waals surface area contributed by atoms with Crippen LogP contribution in [0.5, 0.6) is 0 Å². The molecule has 5 nitrogen and oxygen atoms in total. The van der Waals surface area contributed by atoms with E-state index in [9.17, 15) is 18.0 Å². The van der Waals surface area contributed by atoms with Gasteiger partial charge < -0.3 is 9.73 Å². The minimum absolute atomic E-state index is 0.00178. The highest BCUT2D eigenvalue weighted by Crippen LogP contribution is 2.31. The number of fused-ring (bicyclic) bond motifs is 1. The molecule has 0 radical (unpaired) electrons. The zero-order chi connectivity index (χ0) is 22.0. The molecule has 0 bridgehead atoms. The average Bonchev–Trinajstić information content (AvgIpc) is 2.74. The number of rotatable bonds is 3. The smallest absolute Gasteiger partial charge is 0.416 e. The summed E-state index contributed by atoms with van der Waals surface area (Å²) in [5.74, 6) is -0.248. The van der Waals surface area contributed by atoms with Crippen molar-refractivity contribution in [1.82, 2.24) is 4.98 Å². The Morgan fingerprint density at radius 3 is 2.61 bits per heavy atom. The number of alkyl halides is 3. The minimum Gasteiger partial charge on any atom is -0.438 e. The first-order chi connectivity index (χ1) is 14.8. The molecule has 0 saturated heterocycles. The Balaban J connectivity index is 1.87. The van der Waals surface area contributed by atoms with Crippen LogP contribution in [0.3, 0.4) is 0 Å². The lowest BCUT2D eigenvalue weighted by Crippen LogP contribution is -2.22. The van der Waals surface area contributed by atoms with Gasteiger partial charge in [0.25, 0.3) is 5.91 Å². The van der Waals surface area contributed by atoms with Crippen molar-refractivity contribution < 1.29 is 22.4 Å². The molecule has 0 saturated carbocycles. The standard InChI is InChI=1S/C22H13BrF3N3O2/c23-15-7-8-18-13(10-15)11-17(20(30)29-19-6-1-2-9-27-19)21(31-18)28-16-5-3-4-14(12-16)22(24,25)26/h1-12H,(H,27,29,30). The Morgan fingerprint density at radius 2 is 1.87 bits per heavy atom. The lowest BCUT2D eigenvalue weighted by molar-refractivity contribution is -0.137. The molecule has 1 amide bonds. The number of pyridine rings is 1. The second-order valence-corrected chi connectivity index (χ2v) is 7.39. The molecule has 0 spiro atoms. The number of hydrogen-bond acceptors (Lipinski definition) is 4. The van der Waals surface area contributed by atoms with Gasteiger partial charge in [0.15, 0.2) is 0 Å². The van der Waals surface area contributed by atoms with Crippen molar-refractivity contribution in [1.29, 1.82) is 0 Å². The topological polar surface area (TPSA) is 67.5 Å². The summed E-state index contributed by atoms with van der Waals surface area (Å²) in [6.07, 6.45) is -3.00. The molecule has 0 unspecified atom stereocenters. The van der Waals surface area contributed by atoms with Gasteiger partial charge in [-0.15, -0.1) is 0 Å². The average molecular weight is 488 g/mol. The summed E-state index contributed by atoms with van der Waals surface area (Å²) in [7, 11) is 0. The molecule has 4 aromatic rings. The van der Waals surface area contributed by atoms with Crippen LogP contribution in [0.1, 0.15) is 15.9 Å². The fourth-order valence-corrected chi connectivity index (χ4v) is 3.22. The van der Waals surface area contributed by atoms with Crippen LogP contribution >= 0.6 is 15.9 Å². The Labute approximate surface area is 182 Å². The van der Waals surface area contributed by atoms with Crippen molar-refractivity contribution in [3.8, 4) is 0 Å². The third-order valence-corrected chi connectivity index (χ3v) is 4.76. The number of anilines is 1. The summed E-state index contributed by atoms with van der Waals surface area (Å²) in [4.78, 5) is 21.2. The second-order valence-electron chi connectivity index (χ2n) is 6.48. The minimum atomic E-state index is -4.52. The molecule has 2 heterocycles. The third kappa shape index (κ3) is 4.83. The maximum atomic E-state index is 13.1. The van der Waals surface area contributed by atoms with Crippen LogP contribution in [0.4, 0.5) is 24.7 Å². The number of carbonyl (C=O) groups is 1. The van der Waals surface area contributed by atoms with Gasteiger partial charge in [0.05, 0.1) is 11.3 Å². The van der Waals surface area contributed by atoms with Gasteiger partial charge in [-0.05, 0) is 54.6 Å². The number of hydrogen-bond donors (Lipinski definition) is 1. The van der Waals surface area contributed by atoms with E-state index in [2.05, 4.69) is 31.2 Å². The van der Waals surface area contributed by atoms with E-state index in [1.54, 1.807) is 42.5 Å². The number of nitrogens with zero attached hydrogens (tertiary/aromatic N) is 2. The highest BCUT2D eigenvalue weighted by atomic mass is 79.9. The monoisotopic (exact) mass is 487 g/mol. The van der Waals surface area contributed by atoms with Crippen molar-refractivity contribution in [2.24, 2.45) is 4.99 Å². The molecular formula is C22H13BrF3N3O2. The molecule has 0 aliphatic rings. The number of nitrogens with one attached hydrogen (secondary N) is 1. The van der Waals surface area contributed by atoms with Gasteiger partial charge in [0, 0.05) is 16.1 Å². The van der Waals surface area contributed by atoms with Crippen LogP contribution in [-0.2, 0) is 6.18 Å². The van der Waals surface area contributed by atoms with E-state index < -0.39 is 17.6 Å². The van der Waals surface area contributed by atoms with Crippen molar-refractivity contribution >= 4 is 44.3 Å². The van der Waals surface area contributed by atoms with Crippen molar-refractivity contribution in [2.75, 3.05) is 5.32 Å². The molecule has 2 aromatic carbocycles. The molecule has 31 heavy (non-hydrogen) atoms. The molecule has 4 rings (SSSR count). The van der Waals surface area contributed by atoms with E-state index in [-0.39, 0.29) is 16.8 Å². The molecular weight excluding hydrogens is 475 g/mol. The number of halogens is 4. The predicted molar refractivity (Wildman–Crippen MR) is 113 cm³/mol. The predicted octanol–water partition coefficient (Wildman–Crippen LogP) is 6.09. The van der Waals surface area contributed by atoms with E-state index in [1.807, 2.05) is 0 Å². The SMILES string of the molecule is O=C(Nc1ccccn1)c1cc2cc(Br)ccc2oc1=Nc1cccc(C(F)(F)F)c1. The lowest BCUT2D eigenvalue weighted by atomic mass is 10.1. The summed E-state index contributed by atoms with van der Waals surface area (Å²) < 4.78 is 45.7. The zero-order valence-electron chi connectivity index (χ0n) is 15.7. The fourth-order valence-electron chi connectivity index (χ4n) is 2.84. The van der Waals surface area contributed by atoms with Gasteiger partial charge in [0.2, 0.25) is 5.55 Å². The van der Waals surface area contributed by atoms with Gasteiger partial charge in [-0.3, -0.25) is 4.79 Å². The van der Waals surface area contributed by atoms with E-state index in [0.717, 1.165) is 16.6 Å². The first-order valence-corrected chi connectivity index (χ1v) is 9.77. The van der Waals surface area contributed by atoms with Crippen molar-refractivity contribution in [3.63, 3.8) is 0 Å². The van der Waals surface area contributed by atoms with Crippen LogP contribution in [0.2, 0.25) is 0 Å².